The maximum atomic E-state index is 10.7. The molecule has 118 valence electrons. The van der Waals surface area contributed by atoms with Crippen LogP contribution >= 0.6 is 0 Å². The van der Waals surface area contributed by atoms with Crippen LogP contribution in [-0.4, -0.2) is 28.3 Å². The quantitative estimate of drug-likeness (QED) is 0.900. The number of nitrogens with two attached hydrogens (primary N) is 1. The molecule has 0 aromatic carbocycles. The summed E-state index contributed by atoms with van der Waals surface area (Å²) in [6, 6.07) is 3.57. The van der Waals surface area contributed by atoms with E-state index < -0.39 is 17.8 Å². The minimum atomic E-state index is -0.903. The van der Waals surface area contributed by atoms with Gasteiger partial charge < -0.3 is 19.7 Å². The molecule has 0 aliphatic heterocycles. The summed E-state index contributed by atoms with van der Waals surface area (Å²) in [4.78, 5) is 19.2. The van der Waals surface area contributed by atoms with Gasteiger partial charge in [0.1, 0.15) is 5.60 Å². The van der Waals surface area contributed by atoms with E-state index in [1.54, 1.807) is 26.3 Å². The summed E-state index contributed by atoms with van der Waals surface area (Å²) in [7, 11) is 1.61. The maximum Gasteiger partial charge on any atom is 0.405 e. The average Bonchev–Trinajstić information content (AvgIpc) is 2.96. The van der Waals surface area contributed by atoms with Crippen LogP contribution in [0, 0.1) is 0 Å². The van der Waals surface area contributed by atoms with E-state index in [2.05, 4.69) is 15.1 Å². The molecule has 2 aromatic rings. The standard InChI is InChI=1S/C14H18N4O4/c1-8(21-13(15)19)12-17-11(18-22-12)9-5-6-16-10(7-9)14(2,3)20-4/h5-8H,1-4H3,(H2,15,19)/t8-/m0/s1. The van der Waals surface area contributed by atoms with Crippen LogP contribution in [0.5, 0.6) is 0 Å². The molecule has 0 aliphatic rings. The third-order valence-corrected chi connectivity index (χ3v) is 3.23. The Morgan fingerprint density at radius 1 is 1.45 bits per heavy atom. The summed E-state index contributed by atoms with van der Waals surface area (Å²) in [5.74, 6) is 0.531. The summed E-state index contributed by atoms with van der Waals surface area (Å²) < 4.78 is 15.3. The van der Waals surface area contributed by atoms with E-state index in [4.69, 9.17) is 19.7 Å². The van der Waals surface area contributed by atoms with Crippen LogP contribution in [0.2, 0.25) is 0 Å². The molecule has 0 saturated carbocycles. The predicted molar refractivity (Wildman–Crippen MR) is 76.6 cm³/mol. The van der Waals surface area contributed by atoms with Crippen LogP contribution in [0.25, 0.3) is 11.4 Å². The van der Waals surface area contributed by atoms with E-state index in [1.165, 1.54) is 0 Å². The maximum absolute atomic E-state index is 10.7. The predicted octanol–water partition coefficient (Wildman–Crippen LogP) is 2.17. The van der Waals surface area contributed by atoms with Crippen LogP contribution in [0.4, 0.5) is 4.79 Å². The molecule has 2 rings (SSSR count). The number of hydrogen-bond donors (Lipinski definition) is 1. The third-order valence-electron chi connectivity index (χ3n) is 3.23. The molecule has 0 aliphatic carbocycles. The first-order chi connectivity index (χ1) is 10.3. The molecule has 0 radical (unpaired) electrons. The number of pyridine rings is 1. The van der Waals surface area contributed by atoms with E-state index >= 15 is 0 Å². The van der Waals surface area contributed by atoms with Gasteiger partial charge in [-0.2, -0.15) is 4.98 Å². The molecule has 2 heterocycles. The fourth-order valence-corrected chi connectivity index (χ4v) is 1.75. The van der Waals surface area contributed by atoms with E-state index in [0.29, 0.717) is 5.82 Å². The van der Waals surface area contributed by atoms with Gasteiger partial charge in [-0.3, -0.25) is 4.98 Å². The highest BCUT2D eigenvalue weighted by molar-refractivity contribution is 5.64. The molecule has 1 amide bonds. The van der Waals surface area contributed by atoms with E-state index in [-0.39, 0.29) is 5.89 Å². The lowest BCUT2D eigenvalue weighted by molar-refractivity contribution is 0.0155. The summed E-state index contributed by atoms with van der Waals surface area (Å²) in [5, 5.41) is 3.88. The largest absolute Gasteiger partial charge is 0.437 e. The second kappa shape index (κ2) is 6.10. The van der Waals surface area contributed by atoms with E-state index in [9.17, 15) is 4.79 Å². The molecule has 0 saturated heterocycles. The topological polar surface area (TPSA) is 113 Å². The van der Waals surface area contributed by atoms with Crippen LogP contribution in [-0.2, 0) is 15.1 Å². The Bertz CT molecular complexity index is 668. The summed E-state index contributed by atoms with van der Waals surface area (Å²) in [6.45, 7) is 5.40. The molecule has 2 aromatic heterocycles. The molecule has 1 atom stereocenters. The highest BCUT2D eigenvalue weighted by Gasteiger charge is 2.23. The Balaban J connectivity index is 2.28. The zero-order chi connectivity index (χ0) is 16.3. The second-order valence-electron chi connectivity index (χ2n) is 5.18. The molecular formula is C14H18N4O4. The van der Waals surface area contributed by atoms with Crippen molar-refractivity contribution in [1.82, 2.24) is 15.1 Å². The van der Waals surface area contributed by atoms with Crippen molar-refractivity contribution >= 4 is 6.09 Å². The van der Waals surface area contributed by atoms with Crippen molar-refractivity contribution in [2.45, 2.75) is 32.5 Å². The zero-order valence-corrected chi connectivity index (χ0v) is 12.9. The van der Waals surface area contributed by atoms with Crippen molar-refractivity contribution in [1.29, 1.82) is 0 Å². The minimum absolute atomic E-state index is 0.165. The van der Waals surface area contributed by atoms with Crippen LogP contribution in [0.1, 0.15) is 38.5 Å². The second-order valence-corrected chi connectivity index (χ2v) is 5.18. The highest BCUT2D eigenvalue weighted by Crippen LogP contribution is 2.26. The van der Waals surface area contributed by atoms with Gasteiger partial charge in [0.25, 0.3) is 5.89 Å². The number of methoxy groups -OCH3 is 1. The van der Waals surface area contributed by atoms with Crippen molar-refractivity contribution in [3.05, 3.63) is 29.9 Å². The molecular weight excluding hydrogens is 288 g/mol. The fraction of sp³-hybridized carbons (Fsp3) is 0.429. The van der Waals surface area contributed by atoms with Gasteiger partial charge in [-0.05, 0) is 32.9 Å². The lowest BCUT2D eigenvalue weighted by Crippen LogP contribution is -2.21. The molecule has 0 unspecified atom stereocenters. The molecule has 8 nitrogen and oxygen atoms in total. The first kappa shape index (κ1) is 15.9. The van der Waals surface area contributed by atoms with Crippen molar-refractivity contribution in [2.75, 3.05) is 7.11 Å². The van der Waals surface area contributed by atoms with Gasteiger partial charge in [0, 0.05) is 18.9 Å². The smallest absolute Gasteiger partial charge is 0.405 e. The normalized spacial score (nSPS) is 12.9. The summed E-state index contributed by atoms with van der Waals surface area (Å²) >= 11 is 0. The number of aromatic nitrogens is 3. The number of rotatable bonds is 5. The fourth-order valence-electron chi connectivity index (χ4n) is 1.75. The van der Waals surface area contributed by atoms with Gasteiger partial charge in [-0.15, -0.1) is 0 Å². The Kier molecular flexibility index (Phi) is 4.41. The number of primary amides is 1. The van der Waals surface area contributed by atoms with Gasteiger partial charge in [0.15, 0.2) is 6.10 Å². The number of carbonyl (C=O) groups is 1. The molecule has 0 bridgehead atoms. The molecule has 0 spiro atoms. The number of amides is 1. The molecule has 22 heavy (non-hydrogen) atoms. The zero-order valence-electron chi connectivity index (χ0n) is 12.9. The van der Waals surface area contributed by atoms with Crippen LogP contribution < -0.4 is 5.73 Å². The number of nitrogens with zero attached hydrogens (tertiary/aromatic N) is 3. The molecule has 0 fully saturated rings. The van der Waals surface area contributed by atoms with Crippen molar-refractivity contribution in [3.63, 3.8) is 0 Å². The first-order valence-corrected chi connectivity index (χ1v) is 6.65. The van der Waals surface area contributed by atoms with Gasteiger partial charge in [0.2, 0.25) is 5.82 Å². The number of carbonyl (C=O) groups excluding carboxylic acids is 1. The number of hydrogen-bond acceptors (Lipinski definition) is 7. The van der Waals surface area contributed by atoms with Gasteiger partial charge in [0.05, 0.1) is 5.69 Å². The van der Waals surface area contributed by atoms with Crippen molar-refractivity contribution < 1.29 is 18.8 Å². The Morgan fingerprint density at radius 3 is 2.82 bits per heavy atom. The lowest BCUT2D eigenvalue weighted by Gasteiger charge is -2.22. The number of ether oxygens (including phenoxy) is 2. The lowest BCUT2D eigenvalue weighted by atomic mass is 10.0. The molecule has 2 N–H and O–H groups in total. The summed E-state index contributed by atoms with van der Waals surface area (Å²) in [5.41, 5.74) is 5.88. The van der Waals surface area contributed by atoms with E-state index in [1.807, 2.05) is 19.9 Å². The van der Waals surface area contributed by atoms with Gasteiger partial charge in [-0.25, -0.2) is 4.79 Å². The Hall–Kier alpha value is -2.48. The van der Waals surface area contributed by atoms with E-state index in [0.717, 1.165) is 11.3 Å². The SMILES string of the molecule is COC(C)(C)c1cc(-c2noc([C@H](C)OC(N)=O)n2)ccn1. The van der Waals surface area contributed by atoms with Crippen LogP contribution in [0.3, 0.4) is 0 Å². The third kappa shape index (κ3) is 3.40. The Morgan fingerprint density at radius 2 is 2.18 bits per heavy atom. The molecule has 8 heteroatoms. The monoisotopic (exact) mass is 306 g/mol. The Labute approximate surface area is 127 Å². The highest BCUT2D eigenvalue weighted by atomic mass is 16.6. The summed E-state index contributed by atoms with van der Waals surface area (Å²) in [6.07, 6.45) is 0.0286. The van der Waals surface area contributed by atoms with Crippen LogP contribution in [0.15, 0.2) is 22.9 Å². The first-order valence-electron chi connectivity index (χ1n) is 6.65. The van der Waals surface area contributed by atoms with Gasteiger partial charge in [-0.1, -0.05) is 5.16 Å². The average molecular weight is 306 g/mol. The van der Waals surface area contributed by atoms with Crippen molar-refractivity contribution in [2.24, 2.45) is 5.73 Å². The van der Waals surface area contributed by atoms with Crippen molar-refractivity contribution in [3.8, 4) is 11.4 Å². The van der Waals surface area contributed by atoms with Gasteiger partial charge >= 0.3 is 6.09 Å². The minimum Gasteiger partial charge on any atom is -0.437 e.